The van der Waals surface area contributed by atoms with Crippen molar-refractivity contribution in [2.75, 3.05) is 24.6 Å². The van der Waals surface area contributed by atoms with E-state index in [1.165, 1.54) is 49.8 Å². The molecule has 2 heterocycles. The zero-order chi connectivity index (χ0) is 25.2. The van der Waals surface area contributed by atoms with E-state index in [0.29, 0.717) is 5.69 Å². The van der Waals surface area contributed by atoms with Gasteiger partial charge in [-0.25, -0.2) is 9.18 Å². The number of halogens is 1. The quantitative estimate of drug-likeness (QED) is 0.510. The lowest BCUT2D eigenvalue weighted by molar-refractivity contribution is 0.184. The maximum absolute atomic E-state index is 14.2. The van der Waals surface area contributed by atoms with Gasteiger partial charge in [0.25, 0.3) is 0 Å². The number of carbonyl (C=O) groups is 1. The van der Waals surface area contributed by atoms with Crippen molar-refractivity contribution in [3.63, 3.8) is 0 Å². The summed E-state index contributed by atoms with van der Waals surface area (Å²) in [7, 11) is 0. The Bertz CT molecular complexity index is 1150. The minimum Gasteiger partial charge on any atom is -0.493 e. The second-order valence-corrected chi connectivity index (χ2v) is 11.2. The van der Waals surface area contributed by atoms with Crippen molar-refractivity contribution in [2.45, 2.75) is 75.9 Å². The van der Waals surface area contributed by atoms with E-state index < -0.39 is 5.54 Å². The van der Waals surface area contributed by atoms with E-state index in [1.807, 2.05) is 12.1 Å². The first-order chi connectivity index (χ1) is 18.1. The zero-order valence-corrected chi connectivity index (χ0v) is 21.5. The molecule has 1 N–H and O–H groups in total. The predicted octanol–water partition coefficient (Wildman–Crippen LogP) is 5.91. The summed E-state index contributed by atoms with van der Waals surface area (Å²) in [5.74, 6) is 2.13. The van der Waals surface area contributed by atoms with Crippen molar-refractivity contribution in [1.82, 2.24) is 10.2 Å². The lowest BCUT2D eigenvalue weighted by atomic mass is 9.84. The number of rotatable bonds is 7. The van der Waals surface area contributed by atoms with E-state index in [2.05, 4.69) is 28.4 Å². The van der Waals surface area contributed by atoms with Crippen LogP contribution in [0.3, 0.4) is 0 Å². The molecule has 2 aromatic carbocycles. The van der Waals surface area contributed by atoms with Crippen LogP contribution in [0.4, 0.5) is 14.9 Å². The number of nitrogens with one attached hydrogen (secondary N) is 1. The van der Waals surface area contributed by atoms with Crippen molar-refractivity contribution < 1.29 is 13.9 Å². The van der Waals surface area contributed by atoms with Gasteiger partial charge in [-0.1, -0.05) is 37.5 Å². The van der Waals surface area contributed by atoms with E-state index >= 15 is 0 Å². The molecular weight excluding hydrogens is 467 g/mol. The lowest BCUT2D eigenvalue weighted by Gasteiger charge is -2.44. The molecule has 6 nitrogen and oxygen atoms in total. The van der Waals surface area contributed by atoms with Gasteiger partial charge in [0.05, 0.1) is 12.6 Å². The van der Waals surface area contributed by atoms with Gasteiger partial charge in [-0.3, -0.25) is 20.1 Å². The van der Waals surface area contributed by atoms with E-state index in [9.17, 15) is 9.18 Å². The van der Waals surface area contributed by atoms with Gasteiger partial charge < -0.3 is 4.74 Å². The maximum Gasteiger partial charge on any atom is 0.328 e. The topological polar surface area (TPSA) is 57.2 Å². The number of hydrogen-bond donors (Lipinski definition) is 1. The molecule has 2 aromatic rings. The summed E-state index contributed by atoms with van der Waals surface area (Å²) < 4.78 is 20.2. The fourth-order valence-electron chi connectivity index (χ4n) is 6.13. The molecule has 2 aliphatic carbocycles. The zero-order valence-electron chi connectivity index (χ0n) is 21.5. The Balaban J connectivity index is 1.21. The van der Waals surface area contributed by atoms with Gasteiger partial charge in [-0.15, -0.1) is 0 Å². The average Bonchev–Trinajstić information content (AvgIpc) is 3.70. The van der Waals surface area contributed by atoms with Gasteiger partial charge in [-0.2, -0.15) is 0 Å². The van der Waals surface area contributed by atoms with Crippen LogP contribution in [-0.2, 0) is 6.54 Å². The Morgan fingerprint density at radius 3 is 2.54 bits per heavy atom. The first kappa shape index (κ1) is 24.4. The molecule has 0 unspecified atom stereocenters. The van der Waals surface area contributed by atoms with Crippen LogP contribution >= 0.6 is 0 Å². The Labute approximate surface area is 218 Å². The third-order valence-corrected chi connectivity index (χ3v) is 8.42. The molecule has 2 saturated carbocycles. The third kappa shape index (κ3) is 5.37. The summed E-state index contributed by atoms with van der Waals surface area (Å²) >= 11 is 0. The standard InChI is InChI=1S/C30H37FN4O2/c31-24-7-5-10-26(19-24)35-29(36)33-28(32-25-8-2-1-3-9-25)30(35)14-16-34(17-15-30)20-23-6-4-11-27(18-23)37-21-22-12-13-22/h4-7,10-11,18-19,22,25H,1-3,8-9,12-17,20-21H2,(H,32,33,36). The molecule has 4 fully saturated rings. The van der Waals surface area contributed by atoms with Crippen molar-refractivity contribution in [1.29, 1.82) is 0 Å². The van der Waals surface area contributed by atoms with Crippen molar-refractivity contribution in [2.24, 2.45) is 10.9 Å². The van der Waals surface area contributed by atoms with Crippen LogP contribution in [0.5, 0.6) is 5.75 Å². The van der Waals surface area contributed by atoms with Crippen molar-refractivity contribution >= 4 is 17.6 Å². The van der Waals surface area contributed by atoms with Crippen molar-refractivity contribution in [3.8, 4) is 5.75 Å². The molecule has 0 bridgehead atoms. The van der Waals surface area contributed by atoms with E-state index in [0.717, 1.165) is 69.4 Å². The van der Waals surface area contributed by atoms with Gasteiger partial charge in [0, 0.05) is 25.3 Å². The molecule has 0 atom stereocenters. The number of hydrogen-bond acceptors (Lipinski definition) is 4. The molecular formula is C30H37FN4O2. The second kappa shape index (κ2) is 10.4. The fraction of sp³-hybridized carbons (Fsp3) is 0.533. The number of amides is 2. The fourth-order valence-corrected chi connectivity index (χ4v) is 6.13. The number of piperidine rings is 1. The van der Waals surface area contributed by atoms with Gasteiger partial charge >= 0.3 is 6.03 Å². The summed E-state index contributed by atoms with van der Waals surface area (Å²) in [6.07, 6.45) is 9.85. The van der Waals surface area contributed by atoms with Crippen molar-refractivity contribution in [3.05, 3.63) is 59.9 Å². The van der Waals surface area contributed by atoms with Crippen LogP contribution in [0.2, 0.25) is 0 Å². The highest BCUT2D eigenvalue weighted by Gasteiger charge is 2.53. The maximum atomic E-state index is 14.2. The molecule has 6 rings (SSSR count). The summed E-state index contributed by atoms with van der Waals surface area (Å²) in [5, 5.41) is 3.11. The van der Waals surface area contributed by atoms with Crippen LogP contribution in [0.15, 0.2) is 53.5 Å². The number of urea groups is 1. The van der Waals surface area contributed by atoms with E-state index in [1.54, 1.807) is 11.0 Å². The molecule has 1 spiro atoms. The van der Waals surface area contributed by atoms with Gasteiger partial charge in [0.2, 0.25) is 0 Å². The predicted molar refractivity (Wildman–Crippen MR) is 144 cm³/mol. The number of aliphatic imine (C=N–C) groups is 1. The number of nitrogens with zero attached hydrogens (tertiary/aromatic N) is 3. The molecule has 4 aliphatic rings. The van der Waals surface area contributed by atoms with Crippen LogP contribution in [0.1, 0.15) is 63.4 Å². The highest BCUT2D eigenvalue weighted by Crippen LogP contribution is 2.39. The molecule has 2 aliphatic heterocycles. The lowest BCUT2D eigenvalue weighted by Crippen LogP contribution is -2.57. The van der Waals surface area contributed by atoms with Gasteiger partial charge in [0.1, 0.15) is 22.9 Å². The smallest absolute Gasteiger partial charge is 0.328 e. The van der Waals surface area contributed by atoms with Crippen LogP contribution in [-0.4, -0.2) is 48.0 Å². The summed E-state index contributed by atoms with van der Waals surface area (Å²) in [4.78, 5) is 22.7. The van der Waals surface area contributed by atoms with E-state index in [4.69, 9.17) is 9.73 Å². The molecule has 0 radical (unpaired) electrons. The monoisotopic (exact) mass is 504 g/mol. The first-order valence-electron chi connectivity index (χ1n) is 14.0. The Hall–Kier alpha value is -2.93. The van der Waals surface area contributed by atoms with Gasteiger partial charge in [-0.05, 0) is 80.3 Å². The summed E-state index contributed by atoms with van der Waals surface area (Å²) in [6.45, 7) is 3.32. The Morgan fingerprint density at radius 1 is 1.00 bits per heavy atom. The van der Waals surface area contributed by atoms with E-state index in [-0.39, 0.29) is 17.9 Å². The number of carbonyl (C=O) groups excluding carboxylic acids is 1. The summed E-state index contributed by atoms with van der Waals surface area (Å²) in [6, 6.07) is 14.9. The highest BCUT2D eigenvalue weighted by molar-refractivity contribution is 6.19. The molecule has 2 saturated heterocycles. The van der Waals surface area contributed by atoms with Gasteiger partial charge in [0.15, 0.2) is 0 Å². The molecule has 37 heavy (non-hydrogen) atoms. The number of benzene rings is 2. The van der Waals surface area contributed by atoms with Crippen LogP contribution in [0.25, 0.3) is 0 Å². The Kier molecular flexibility index (Phi) is 6.89. The number of likely N-dealkylation sites (tertiary alicyclic amines) is 1. The molecule has 0 aromatic heterocycles. The molecule has 7 heteroatoms. The first-order valence-corrected chi connectivity index (χ1v) is 14.0. The minimum absolute atomic E-state index is 0.200. The number of anilines is 1. The largest absolute Gasteiger partial charge is 0.493 e. The van der Waals surface area contributed by atoms with Crippen LogP contribution in [0, 0.1) is 11.7 Å². The molecule has 196 valence electrons. The Morgan fingerprint density at radius 2 is 1.78 bits per heavy atom. The number of amidine groups is 1. The number of ether oxygens (including phenoxy) is 1. The summed E-state index contributed by atoms with van der Waals surface area (Å²) in [5.41, 5.74) is 1.27. The third-order valence-electron chi connectivity index (χ3n) is 8.42. The average molecular weight is 505 g/mol. The highest BCUT2D eigenvalue weighted by atomic mass is 19.1. The SMILES string of the molecule is O=C1NC(=NC2CCCCC2)C2(CCN(Cc3cccc(OCC4CC4)c3)CC2)N1c1cccc(F)c1. The minimum atomic E-state index is -0.561. The second-order valence-electron chi connectivity index (χ2n) is 11.2. The van der Waals surface area contributed by atoms with Crippen LogP contribution < -0.4 is 15.0 Å². The molecule has 2 amide bonds. The normalized spacial score (nSPS) is 23.5.